The van der Waals surface area contributed by atoms with Gasteiger partial charge in [-0.2, -0.15) is 0 Å². The molecule has 0 saturated carbocycles. The van der Waals surface area contributed by atoms with Crippen LogP contribution in [0, 0.1) is 0 Å². The molecule has 3 aromatic rings. The van der Waals surface area contributed by atoms with Crippen molar-refractivity contribution in [2.75, 3.05) is 50.8 Å². The van der Waals surface area contributed by atoms with Gasteiger partial charge in [0.15, 0.2) is 17.1 Å². The van der Waals surface area contributed by atoms with Crippen LogP contribution < -0.4 is 10.3 Å². The van der Waals surface area contributed by atoms with Crippen molar-refractivity contribution >= 4 is 23.4 Å². The maximum atomic E-state index is 12.9. The van der Waals surface area contributed by atoms with Gasteiger partial charge in [-0.05, 0) is 43.0 Å². The van der Waals surface area contributed by atoms with Crippen molar-refractivity contribution in [3.63, 3.8) is 0 Å². The molecule has 2 fully saturated rings. The van der Waals surface area contributed by atoms with Crippen LogP contribution in [0.2, 0.25) is 0 Å². The van der Waals surface area contributed by atoms with E-state index in [4.69, 9.17) is 13.9 Å². The highest BCUT2D eigenvalue weighted by molar-refractivity contribution is 7.99. The molecule has 1 aromatic heterocycles. The fraction of sp³-hybridized carbons (Fsp3) is 0.419. The Hall–Kier alpha value is -2.91. The predicted molar refractivity (Wildman–Crippen MR) is 152 cm³/mol. The van der Waals surface area contributed by atoms with E-state index in [2.05, 4.69) is 47.9 Å². The van der Waals surface area contributed by atoms with Gasteiger partial charge in [0.2, 0.25) is 0 Å². The van der Waals surface area contributed by atoms with E-state index in [1.807, 2.05) is 12.1 Å². The average Bonchev–Trinajstić information content (AvgIpc) is 2.91. The summed E-state index contributed by atoms with van der Waals surface area (Å²) in [5.41, 5.74) is 4.35. The van der Waals surface area contributed by atoms with Crippen molar-refractivity contribution in [3.05, 3.63) is 75.4 Å². The maximum absolute atomic E-state index is 12.9. The fourth-order valence-electron chi connectivity index (χ4n) is 5.82. The number of morpholine rings is 2. The Morgan fingerprint density at radius 2 is 1.79 bits per heavy atom. The number of rotatable bonds is 6. The van der Waals surface area contributed by atoms with Crippen molar-refractivity contribution in [2.24, 2.45) is 0 Å². The van der Waals surface area contributed by atoms with Crippen molar-refractivity contribution in [2.45, 2.75) is 48.7 Å². The van der Waals surface area contributed by atoms with E-state index in [0.717, 1.165) is 35.5 Å². The first kappa shape index (κ1) is 26.3. The molecule has 0 radical (unpaired) electrons. The van der Waals surface area contributed by atoms with Crippen molar-refractivity contribution in [1.82, 2.24) is 4.90 Å². The minimum absolute atomic E-state index is 0.0631. The molecular weight excluding hydrogens is 512 g/mol. The van der Waals surface area contributed by atoms with E-state index < -0.39 is 0 Å². The van der Waals surface area contributed by atoms with Crippen LogP contribution in [0.15, 0.2) is 67.5 Å². The van der Waals surface area contributed by atoms with Gasteiger partial charge in [0.25, 0.3) is 0 Å². The minimum Gasteiger partial charge on any atom is -0.440 e. The largest absolute Gasteiger partial charge is 0.440 e. The number of Topliss-reactive ketones (excluding diaryl/α,β-unsaturated/α-hetero) is 1. The van der Waals surface area contributed by atoms with Crippen LogP contribution in [0.25, 0.3) is 11.3 Å². The van der Waals surface area contributed by atoms with Gasteiger partial charge in [-0.25, -0.2) is 0 Å². The summed E-state index contributed by atoms with van der Waals surface area (Å²) in [6, 6.07) is 15.7. The quantitative estimate of drug-likeness (QED) is 0.352. The molecule has 0 spiro atoms. The third-order valence-electron chi connectivity index (χ3n) is 7.45. The summed E-state index contributed by atoms with van der Waals surface area (Å²) >= 11 is 1.71. The highest BCUT2D eigenvalue weighted by atomic mass is 32.2. The highest BCUT2D eigenvalue weighted by Gasteiger charge is 2.25. The molecule has 2 atom stereocenters. The Morgan fingerprint density at radius 1 is 1.00 bits per heavy atom. The van der Waals surface area contributed by atoms with E-state index in [1.165, 1.54) is 16.0 Å². The molecule has 4 heterocycles. The van der Waals surface area contributed by atoms with E-state index in [0.29, 0.717) is 50.9 Å². The zero-order valence-corrected chi connectivity index (χ0v) is 23.3. The van der Waals surface area contributed by atoms with Crippen LogP contribution in [0.4, 0.5) is 5.88 Å². The molecule has 0 bridgehead atoms. The van der Waals surface area contributed by atoms with Crippen LogP contribution in [0.3, 0.4) is 0 Å². The maximum Gasteiger partial charge on any atom is 0.200 e. The van der Waals surface area contributed by atoms with Gasteiger partial charge in [-0.1, -0.05) is 42.1 Å². The molecule has 2 aromatic carbocycles. The second kappa shape index (κ2) is 11.3. The zero-order valence-electron chi connectivity index (χ0n) is 22.5. The summed E-state index contributed by atoms with van der Waals surface area (Å²) in [7, 11) is 0. The zero-order chi connectivity index (χ0) is 26.9. The van der Waals surface area contributed by atoms with Crippen molar-refractivity contribution < 1.29 is 18.7 Å². The Morgan fingerprint density at radius 3 is 2.59 bits per heavy atom. The first-order valence-electron chi connectivity index (χ1n) is 13.7. The SMILES string of the molecule is CC1CN(CC(=O)Cc2ccc3c(c2)Cc2cccc(-c4cc(=O)cc(N5CCOCC5)o4)c2S3)CC(C)O1. The van der Waals surface area contributed by atoms with Gasteiger partial charge in [-0.15, -0.1) is 0 Å². The molecule has 0 aliphatic carbocycles. The third kappa shape index (κ3) is 5.99. The number of carbonyl (C=O) groups is 1. The number of ether oxygens (including phenoxy) is 2. The van der Waals surface area contributed by atoms with E-state index in [9.17, 15) is 9.59 Å². The Bertz CT molecular complexity index is 1420. The van der Waals surface area contributed by atoms with Gasteiger partial charge in [0, 0.05) is 60.1 Å². The Balaban J connectivity index is 1.20. The molecule has 6 rings (SSSR count). The lowest BCUT2D eigenvalue weighted by Gasteiger charge is -2.34. The third-order valence-corrected chi connectivity index (χ3v) is 8.76. The van der Waals surface area contributed by atoms with E-state index in [-0.39, 0.29) is 23.4 Å². The molecule has 0 N–H and O–H groups in total. The summed E-state index contributed by atoms with van der Waals surface area (Å²) in [6.45, 7) is 8.84. The molecule has 0 amide bonds. The van der Waals surface area contributed by atoms with Crippen LogP contribution in [0.1, 0.15) is 30.5 Å². The minimum atomic E-state index is -0.0631. The predicted octanol–water partition coefficient (Wildman–Crippen LogP) is 4.42. The number of hydrogen-bond donors (Lipinski definition) is 0. The second-order valence-electron chi connectivity index (χ2n) is 10.8. The van der Waals surface area contributed by atoms with Crippen LogP contribution in [-0.4, -0.2) is 68.8 Å². The van der Waals surface area contributed by atoms with Crippen molar-refractivity contribution in [1.29, 1.82) is 0 Å². The van der Waals surface area contributed by atoms with Crippen LogP contribution in [-0.2, 0) is 27.1 Å². The molecule has 2 saturated heterocycles. The molecule has 3 aliphatic heterocycles. The number of fused-ring (bicyclic) bond motifs is 2. The molecule has 39 heavy (non-hydrogen) atoms. The fourth-order valence-corrected chi connectivity index (χ4v) is 6.99. The molecule has 7 nitrogen and oxygen atoms in total. The number of anilines is 1. The number of ketones is 1. The first-order valence-corrected chi connectivity index (χ1v) is 14.5. The summed E-state index contributed by atoms with van der Waals surface area (Å²) in [6.07, 6.45) is 1.52. The lowest BCUT2D eigenvalue weighted by Crippen LogP contribution is -2.47. The van der Waals surface area contributed by atoms with E-state index in [1.54, 1.807) is 23.9 Å². The Labute approximate surface area is 233 Å². The lowest BCUT2D eigenvalue weighted by molar-refractivity contribution is -0.123. The van der Waals surface area contributed by atoms with Gasteiger partial charge in [0.1, 0.15) is 5.76 Å². The van der Waals surface area contributed by atoms with Crippen molar-refractivity contribution in [3.8, 4) is 11.3 Å². The highest BCUT2D eigenvalue weighted by Crippen LogP contribution is 2.45. The summed E-state index contributed by atoms with van der Waals surface area (Å²) in [4.78, 5) is 32.1. The second-order valence-corrected chi connectivity index (χ2v) is 11.8. The number of carbonyl (C=O) groups excluding carboxylic acids is 1. The monoisotopic (exact) mass is 546 g/mol. The smallest absolute Gasteiger partial charge is 0.200 e. The number of hydrogen-bond acceptors (Lipinski definition) is 8. The number of benzene rings is 2. The summed E-state index contributed by atoms with van der Waals surface area (Å²) in [5.74, 6) is 1.42. The summed E-state index contributed by atoms with van der Waals surface area (Å²) in [5, 5.41) is 0. The molecule has 3 aliphatic rings. The van der Waals surface area contributed by atoms with Gasteiger partial charge >= 0.3 is 0 Å². The van der Waals surface area contributed by atoms with E-state index >= 15 is 0 Å². The topological polar surface area (TPSA) is 72.2 Å². The van der Waals surface area contributed by atoms with Crippen LogP contribution >= 0.6 is 11.8 Å². The van der Waals surface area contributed by atoms with Gasteiger partial charge in [-0.3, -0.25) is 14.5 Å². The molecular formula is C31H34N2O5S. The molecule has 2 unspecified atom stereocenters. The lowest BCUT2D eigenvalue weighted by atomic mass is 9.98. The average molecular weight is 547 g/mol. The molecule has 204 valence electrons. The van der Waals surface area contributed by atoms with Gasteiger partial charge < -0.3 is 18.8 Å². The van der Waals surface area contributed by atoms with Gasteiger partial charge in [0.05, 0.1) is 32.0 Å². The van der Waals surface area contributed by atoms with Crippen LogP contribution in [0.5, 0.6) is 0 Å². The molecule has 8 heteroatoms. The standard InChI is InChI=1S/C31H34N2O5S/c1-20-17-32(18-21(2)37-20)19-26(35)13-22-6-7-29-24(12-22)14-23-4-3-5-27(31(23)39-29)28-15-25(34)16-30(38-28)33-8-10-36-11-9-33/h3-7,12,15-16,20-21H,8-11,13-14,17-19H2,1-2H3. The normalized spacial score (nSPS) is 21.3. The first-order chi connectivity index (χ1) is 18.9. The Kier molecular flexibility index (Phi) is 7.62. The summed E-state index contributed by atoms with van der Waals surface area (Å²) < 4.78 is 17.5. The number of nitrogens with zero attached hydrogens (tertiary/aromatic N) is 2.